The Morgan fingerprint density at radius 3 is 2.46 bits per heavy atom. The third-order valence-electron chi connectivity index (χ3n) is 4.99. The predicted molar refractivity (Wildman–Crippen MR) is 115 cm³/mol. The fourth-order valence-corrected chi connectivity index (χ4v) is 4.74. The van der Waals surface area contributed by atoms with Crippen LogP contribution < -0.4 is 9.47 Å². The van der Waals surface area contributed by atoms with E-state index in [0.29, 0.717) is 38.2 Å². The number of hydrogen-bond donors (Lipinski definition) is 0. The number of nitrogens with zero attached hydrogens (tertiary/aromatic N) is 1. The Hall–Kier alpha value is -1.10. The van der Waals surface area contributed by atoms with Crippen LogP contribution in [0.1, 0.15) is 30.9 Å². The largest absolute Gasteiger partial charge is 0.488 e. The van der Waals surface area contributed by atoms with Gasteiger partial charge in [0.2, 0.25) is 0 Å². The molecule has 2 aromatic carbocycles. The number of fused-ring (bicyclic) bond motifs is 1. The predicted octanol–water partition coefficient (Wildman–Crippen LogP) is 7.18. The zero-order valence-electron chi connectivity index (χ0n) is 15.1. The van der Waals surface area contributed by atoms with Gasteiger partial charge in [-0.05, 0) is 62.3 Å². The first-order chi connectivity index (χ1) is 13.5. The van der Waals surface area contributed by atoms with Gasteiger partial charge in [0.25, 0.3) is 0 Å². The maximum absolute atomic E-state index is 6.39. The van der Waals surface area contributed by atoms with Crippen LogP contribution >= 0.6 is 46.4 Å². The number of benzene rings is 2. The van der Waals surface area contributed by atoms with Gasteiger partial charge in [-0.1, -0.05) is 52.8 Å². The first-order valence-electron chi connectivity index (χ1n) is 9.21. The van der Waals surface area contributed by atoms with E-state index in [1.165, 1.54) is 19.3 Å². The fourth-order valence-electron chi connectivity index (χ4n) is 3.73. The van der Waals surface area contributed by atoms with Crippen LogP contribution in [0.3, 0.4) is 0 Å². The molecule has 2 aliphatic heterocycles. The summed E-state index contributed by atoms with van der Waals surface area (Å²) >= 11 is 24.8. The summed E-state index contributed by atoms with van der Waals surface area (Å²) in [6, 6.07) is 8.81. The van der Waals surface area contributed by atoms with Crippen molar-refractivity contribution < 1.29 is 9.47 Å². The highest BCUT2D eigenvalue weighted by Gasteiger charge is 2.36. The van der Waals surface area contributed by atoms with Gasteiger partial charge in [0.05, 0.1) is 16.1 Å². The highest BCUT2D eigenvalue weighted by Crippen LogP contribution is 2.48. The molecular formula is C21H19Cl4NO2. The smallest absolute Gasteiger partial charge is 0.150 e. The third-order valence-corrected chi connectivity index (χ3v) is 6.02. The van der Waals surface area contributed by atoms with Crippen LogP contribution in [0.25, 0.3) is 0 Å². The Kier molecular flexibility index (Phi) is 6.29. The molecule has 0 aromatic heterocycles. The number of ether oxygens (including phenoxy) is 2. The van der Waals surface area contributed by atoms with Gasteiger partial charge in [0.1, 0.15) is 18.1 Å². The van der Waals surface area contributed by atoms with E-state index in [0.717, 1.165) is 24.4 Å². The second kappa shape index (κ2) is 8.73. The van der Waals surface area contributed by atoms with Crippen LogP contribution in [0.4, 0.5) is 0 Å². The molecule has 0 saturated carbocycles. The summed E-state index contributed by atoms with van der Waals surface area (Å²) in [6.07, 6.45) is 5.54. The average Bonchev–Trinajstić information content (AvgIpc) is 3.03. The molecule has 7 heteroatoms. The van der Waals surface area contributed by atoms with Crippen LogP contribution in [0.2, 0.25) is 20.1 Å². The van der Waals surface area contributed by atoms with Crippen molar-refractivity contribution in [3.05, 3.63) is 67.8 Å². The zero-order chi connectivity index (χ0) is 19.7. The lowest BCUT2D eigenvalue weighted by molar-refractivity contribution is 0.170. The maximum atomic E-state index is 6.39. The second-order valence-corrected chi connectivity index (χ2v) is 8.59. The normalized spacial score (nSPS) is 20.9. The molecule has 0 N–H and O–H groups in total. The van der Waals surface area contributed by atoms with Gasteiger partial charge in [-0.15, -0.1) is 0 Å². The van der Waals surface area contributed by atoms with Crippen molar-refractivity contribution in [1.82, 2.24) is 4.90 Å². The number of piperidine rings is 1. The quantitative estimate of drug-likeness (QED) is 0.484. The first-order valence-corrected chi connectivity index (χ1v) is 10.7. The van der Waals surface area contributed by atoms with Crippen molar-refractivity contribution in [1.29, 1.82) is 0 Å². The Bertz CT molecular complexity index is 910. The Morgan fingerprint density at radius 1 is 0.964 bits per heavy atom. The van der Waals surface area contributed by atoms with Gasteiger partial charge in [0, 0.05) is 15.6 Å². The van der Waals surface area contributed by atoms with Crippen molar-refractivity contribution in [3.63, 3.8) is 0 Å². The van der Waals surface area contributed by atoms with E-state index in [2.05, 4.69) is 4.90 Å². The van der Waals surface area contributed by atoms with E-state index in [9.17, 15) is 0 Å². The number of hydrogen-bond acceptors (Lipinski definition) is 3. The molecule has 2 aliphatic rings. The summed E-state index contributed by atoms with van der Waals surface area (Å²) in [4.78, 5) is 2.42. The number of halogens is 4. The SMILES string of the molecule is Clc1ccc(OC/C=C2\Oc3c(Cl)cc(Cl)cc3[C@H]2N2CCCCC2)c(Cl)c1. The number of rotatable bonds is 4. The lowest BCUT2D eigenvalue weighted by Crippen LogP contribution is -2.34. The monoisotopic (exact) mass is 457 g/mol. The van der Waals surface area contributed by atoms with Crippen molar-refractivity contribution >= 4 is 46.4 Å². The van der Waals surface area contributed by atoms with Gasteiger partial charge in [0.15, 0.2) is 5.75 Å². The van der Waals surface area contributed by atoms with E-state index in [1.807, 2.05) is 12.1 Å². The highest BCUT2D eigenvalue weighted by molar-refractivity contribution is 6.36. The van der Waals surface area contributed by atoms with Crippen LogP contribution in [0.5, 0.6) is 11.5 Å². The minimum absolute atomic E-state index is 0.00390. The van der Waals surface area contributed by atoms with Crippen molar-refractivity contribution in [3.8, 4) is 11.5 Å². The van der Waals surface area contributed by atoms with Gasteiger partial charge in [-0.25, -0.2) is 0 Å². The summed E-state index contributed by atoms with van der Waals surface area (Å²) in [7, 11) is 0. The van der Waals surface area contributed by atoms with Crippen LogP contribution in [-0.2, 0) is 0 Å². The summed E-state index contributed by atoms with van der Waals surface area (Å²) in [5.41, 5.74) is 1.01. The molecule has 2 heterocycles. The van der Waals surface area contributed by atoms with Gasteiger partial charge in [-0.2, -0.15) is 0 Å². The van der Waals surface area contributed by atoms with Gasteiger partial charge < -0.3 is 9.47 Å². The maximum Gasteiger partial charge on any atom is 0.150 e. The molecule has 2 aromatic rings. The van der Waals surface area contributed by atoms with E-state index >= 15 is 0 Å². The molecule has 0 unspecified atom stereocenters. The average molecular weight is 459 g/mol. The summed E-state index contributed by atoms with van der Waals surface area (Å²) in [5.74, 6) is 2.07. The van der Waals surface area contributed by atoms with Gasteiger partial charge >= 0.3 is 0 Å². The molecule has 0 amide bonds. The van der Waals surface area contributed by atoms with Crippen LogP contribution in [-0.4, -0.2) is 24.6 Å². The summed E-state index contributed by atoms with van der Waals surface area (Å²) in [5, 5.41) is 2.18. The second-order valence-electron chi connectivity index (χ2n) is 6.90. The minimum Gasteiger partial charge on any atom is -0.488 e. The lowest BCUT2D eigenvalue weighted by Gasteiger charge is -2.32. The Balaban J connectivity index is 1.59. The molecule has 28 heavy (non-hydrogen) atoms. The molecule has 4 rings (SSSR count). The molecule has 0 aliphatic carbocycles. The molecule has 1 fully saturated rings. The molecule has 0 spiro atoms. The fraction of sp³-hybridized carbons (Fsp3) is 0.333. The van der Waals surface area contributed by atoms with Crippen LogP contribution in [0.15, 0.2) is 42.2 Å². The van der Waals surface area contributed by atoms with E-state index < -0.39 is 0 Å². The molecule has 1 atom stereocenters. The molecule has 148 valence electrons. The topological polar surface area (TPSA) is 21.7 Å². The molecule has 3 nitrogen and oxygen atoms in total. The third kappa shape index (κ3) is 4.24. The van der Waals surface area contributed by atoms with E-state index in [-0.39, 0.29) is 6.04 Å². The van der Waals surface area contributed by atoms with E-state index in [4.69, 9.17) is 55.9 Å². The van der Waals surface area contributed by atoms with Crippen molar-refractivity contribution in [2.45, 2.75) is 25.3 Å². The molecular weight excluding hydrogens is 440 g/mol. The molecule has 0 bridgehead atoms. The van der Waals surface area contributed by atoms with Crippen molar-refractivity contribution in [2.75, 3.05) is 19.7 Å². The summed E-state index contributed by atoms with van der Waals surface area (Å²) < 4.78 is 12.0. The van der Waals surface area contributed by atoms with E-state index in [1.54, 1.807) is 24.3 Å². The number of likely N-dealkylation sites (tertiary alicyclic amines) is 1. The lowest BCUT2D eigenvalue weighted by atomic mass is 10.0. The Labute approximate surface area is 184 Å². The minimum atomic E-state index is -0.00390. The van der Waals surface area contributed by atoms with Crippen molar-refractivity contribution in [2.24, 2.45) is 0 Å². The molecule has 0 radical (unpaired) electrons. The zero-order valence-corrected chi connectivity index (χ0v) is 18.1. The first kappa shape index (κ1) is 20.2. The highest BCUT2D eigenvalue weighted by atomic mass is 35.5. The molecule has 1 saturated heterocycles. The Morgan fingerprint density at radius 2 is 1.71 bits per heavy atom. The van der Waals surface area contributed by atoms with Crippen LogP contribution in [0, 0.1) is 0 Å². The van der Waals surface area contributed by atoms with Gasteiger partial charge in [-0.3, -0.25) is 4.90 Å². The standard InChI is InChI=1S/C21H19Cl4NO2/c22-13-4-5-18(16(24)11-13)27-9-6-19-20(26-7-2-1-3-8-26)15-10-14(23)12-17(25)21(15)28-19/h4-6,10-12,20H,1-3,7-9H2/b19-6-/t20-/m1/s1. The summed E-state index contributed by atoms with van der Waals surface area (Å²) in [6.45, 7) is 2.35.